The van der Waals surface area contributed by atoms with Gasteiger partial charge in [-0.15, -0.1) is 0 Å². The molecule has 1 N–H and O–H groups in total. The fourth-order valence-corrected chi connectivity index (χ4v) is 4.42. The van der Waals surface area contributed by atoms with Gasteiger partial charge < -0.3 is 5.32 Å². The van der Waals surface area contributed by atoms with Crippen LogP contribution in [0.1, 0.15) is 43.5 Å². The van der Waals surface area contributed by atoms with Crippen LogP contribution in [0.5, 0.6) is 0 Å². The monoisotopic (exact) mass is 383 g/mol. The quantitative estimate of drug-likeness (QED) is 0.530. The lowest BCUT2D eigenvalue weighted by atomic mass is 9.82. The third-order valence-corrected chi connectivity index (χ3v) is 6.44. The molecule has 1 saturated carbocycles. The number of amides is 1. The van der Waals surface area contributed by atoms with Crippen LogP contribution in [0.25, 0.3) is 22.3 Å². The molecular weight excluding hydrogens is 354 g/mol. The highest BCUT2D eigenvalue weighted by Gasteiger charge is 2.34. The summed E-state index contributed by atoms with van der Waals surface area (Å²) in [5.41, 5.74) is 5.75. The van der Waals surface area contributed by atoms with Crippen LogP contribution in [-0.2, 0) is 0 Å². The van der Waals surface area contributed by atoms with Crippen LogP contribution in [-0.4, -0.2) is 12.5 Å². The molecule has 3 aromatic carbocycles. The molecule has 1 atom stereocenters. The summed E-state index contributed by atoms with van der Waals surface area (Å²) in [6.07, 6.45) is 3.73. The number of rotatable bonds is 5. The Morgan fingerprint density at radius 3 is 2.10 bits per heavy atom. The van der Waals surface area contributed by atoms with Crippen molar-refractivity contribution in [3.05, 3.63) is 84.4 Å². The van der Waals surface area contributed by atoms with Crippen molar-refractivity contribution in [1.82, 2.24) is 5.32 Å². The van der Waals surface area contributed by atoms with E-state index in [0.29, 0.717) is 11.3 Å². The second-order valence-electron chi connectivity index (χ2n) is 8.81. The molecule has 1 aliphatic carbocycles. The summed E-state index contributed by atoms with van der Waals surface area (Å²) >= 11 is 0. The maximum atomic E-state index is 12.6. The molecule has 148 valence electrons. The van der Waals surface area contributed by atoms with E-state index >= 15 is 0 Å². The van der Waals surface area contributed by atoms with Crippen molar-refractivity contribution in [1.29, 1.82) is 0 Å². The van der Waals surface area contributed by atoms with Crippen LogP contribution in [0.15, 0.2) is 78.9 Å². The van der Waals surface area contributed by atoms with E-state index < -0.39 is 0 Å². The van der Waals surface area contributed by atoms with E-state index in [0.717, 1.165) is 23.2 Å². The fourth-order valence-electron chi connectivity index (χ4n) is 4.42. The molecule has 0 aliphatic heterocycles. The third-order valence-electron chi connectivity index (χ3n) is 6.44. The van der Waals surface area contributed by atoms with Gasteiger partial charge in [-0.2, -0.15) is 0 Å². The lowest BCUT2D eigenvalue weighted by molar-refractivity contribution is 0.0937. The highest BCUT2D eigenvalue weighted by Crippen LogP contribution is 2.42. The SMILES string of the molecule is CC1(C)CCCC1CNC(=O)c1ccc(-c2cccc(-c3ccccc3)c2)cc1. The van der Waals surface area contributed by atoms with Crippen molar-refractivity contribution in [2.45, 2.75) is 33.1 Å². The van der Waals surface area contributed by atoms with Gasteiger partial charge in [-0.3, -0.25) is 4.79 Å². The molecule has 0 heterocycles. The first-order chi connectivity index (χ1) is 14.0. The van der Waals surface area contributed by atoms with Gasteiger partial charge in [-0.05, 0) is 64.6 Å². The Hall–Kier alpha value is -2.87. The van der Waals surface area contributed by atoms with Crippen LogP contribution in [0, 0.1) is 11.3 Å². The van der Waals surface area contributed by atoms with Gasteiger partial charge in [0.2, 0.25) is 0 Å². The molecule has 1 unspecified atom stereocenters. The highest BCUT2D eigenvalue weighted by atomic mass is 16.1. The topological polar surface area (TPSA) is 29.1 Å². The minimum Gasteiger partial charge on any atom is -0.352 e. The molecule has 3 aromatic rings. The Kier molecular flexibility index (Phi) is 5.53. The van der Waals surface area contributed by atoms with Crippen LogP contribution in [0.3, 0.4) is 0 Å². The molecule has 4 rings (SSSR count). The summed E-state index contributed by atoms with van der Waals surface area (Å²) in [4.78, 5) is 12.6. The molecule has 1 fully saturated rings. The Morgan fingerprint density at radius 2 is 1.48 bits per heavy atom. The number of carbonyl (C=O) groups is 1. The summed E-state index contributed by atoms with van der Waals surface area (Å²) in [6, 6.07) is 26.9. The van der Waals surface area contributed by atoms with Gasteiger partial charge in [0.25, 0.3) is 5.91 Å². The van der Waals surface area contributed by atoms with Gasteiger partial charge in [0.05, 0.1) is 0 Å². The van der Waals surface area contributed by atoms with Crippen molar-refractivity contribution in [2.24, 2.45) is 11.3 Å². The zero-order valence-electron chi connectivity index (χ0n) is 17.3. The second-order valence-corrected chi connectivity index (χ2v) is 8.81. The lowest BCUT2D eigenvalue weighted by Crippen LogP contribution is -2.33. The Morgan fingerprint density at radius 1 is 0.862 bits per heavy atom. The van der Waals surface area contributed by atoms with E-state index in [2.05, 4.69) is 67.7 Å². The molecule has 0 saturated heterocycles. The van der Waals surface area contributed by atoms with Crippen molar-refractivity contribution in [2.75, 3.05) is 6.54 Å². The van der Waals surface area contributed by atoms with Crippen LogP contribution < -0.4 is 5.32 Å². The van der Waals surface area contributed by atoms with Crippen molar-refractivity contribution < 1.29 is 4.79 Å². The highest BCUT2D eigenvalue weighted by molar-refractivity contribution is 5.94. The Labute approximate surface area is 174 Å². The van der Waals surface area contributed by atoms with Gasteiger partial charge in [0.15, 0.2) is 0 Å². The first-order valence-electron chi connectivity index (χ1n) is 10.6. The molecule has 2 heteroatoms. The standard InChI is InChI=1S/C27H29NO/c1-27(2)17-7-12-25(27)19-28-26(29)22-15-13-21(14-16-22)24-11-6-10-23(18-24)20-8-4-3-5-9-20/h3-6,8-11,13-16,18,25H,7,12,17,19H2,1-2H3,(H,28,29). The van der Waals surface area contributed by atoms with Crippen LogP contribution >= 0.6 is 0 Å². The minimum absolute atomic E-state index is 0.0253. The molecule has 0 bridgehead atoms. The minimum atomic E-state index is 0.0253. The van der Waals surface area contributed by atoms with Gasteiger partial charge >= 0.3 is 0 Å². The van der Waals surface area contributed by atoms with E-state index in [1.807, 2.05) is 30.3 Å². The molecule has 2 nitrogen and oxygen atoms in total. The first-order valence-corrected chi connectivity index (χ1v) is 10.6. The molecule has 29 heavy (non-hydrogen) atoms. The van der Waals surface area contributed by atoms with Gasteiger partial charge in [-0.1, -0.05) is 80.9 Å². The number of hydrogen-bond donors (Lipinski definition) is 1. The summed E-state index contributed by atoms with van der Waals surface area (Å²) < 4.78 is 0. The zero-order chi connectivity index (χ0) is 20.3. The molecule has 0 aromatic heterocycles. The smallest absolute Gasteiger partial charge is 0.251 e. The van der Waals surface area contributed by atoms with Crippen molar-refractivity contribution in [3.63, 3.8) is 0 Å². The number of carbonyl (C=O) groups excluding carboxylic acids is 1. The molecular formula is C27H29NO. The fraction of sp³-hybridized carbons (Fsp3) is 0.296. The van der Waals surface area contributed by atoms with E-state index in [-0.39, 0.29) is 5.91 Å². The summed E-state index contributed by atoms with van der Waals surface area (Å²) in [6.45, 7) is 5.40. The number of nitrogens with one attached hydrogen (secondary N) is 1. The summed E-state index contributed by atoms with van der Waals surface area (Å²) in [7, 11) is 0. The van der Waals surface area contributed by atoms with Crippen molar-refractivity contribution >= 4 is 5.91 Å². The predicted octanol–water partition coefficient (Wildman–Crippen LogP) is 6.58. The summed E-state index contributed by atoms with van der Waals surface area (Å²) in [5, 5.41) is 3.15. The zero-order valence-corrected chi connectivity index (χ0v) is 17.3. The normalized spacial score (nSPS) is 17.8. The Bertz CT molecular complexity index is 973. The van der Waals surface area contributed by atoms with E-state index in [1.165, 1.54) is 30.4 Å². The largest absolute Gasteiger partial charge is 0.352 e. The molecule has 1 amide bonds. The average Bonchev–Trinajstić information content (AvgIpc) is 3.11. The molecule has 1 aliphatic rings. The molecule has 0 radical (unpaired) electrons. The van der Waals surface area contributed by atoms with Crippen molar-refractivity contribution in [3.8, 4) is 22.3 Å². The first kappa shape index (κ1) is 19.4. The lowest BCUT2D eigenvalue weighted by Gasteiger charge is -2.27. The number of hydrogen-bond acceptors (Lipinski definition) is 1. The van der Waals surface area contributed by atoms with E-state index in [4.69, 9.17) is 0 Å². The van der Waals surface area contributed by atoms with Gasteiger partial charge in [0.1, 0.15) is 0 Å². The van der Waals surface area contributed by atoms with E-state index in [9.17, 15) is 4.79 Å². The maximum absolute atomic E-state index is 12.6. The number of benzene rings is 3. The third kappa shape index (κ3) is 4.42. The van der Waals surface area contributed by atoms with Crippen LogP contribution in [0.4, 0.5) is 0 Å². The predicted molar refractivity (Wildman–Crippen MR) is 121 cm³/mol. The van der Waals surface area contributed by atoms with E-state index in [1.54, 1.807) is 0 Å². The maximum Gasteiger partial charge on any atom is 0.251 e. The second kappa shape index (κ2) is 8.24. The molecule has 0 spiro atoms. The average molecular weight is 384 g/mol. The van der Waals surface area contributed by atoms with Gasteiger partial charge in [0, 0.05) is 12.1 Å². The van der Waals surface area contributed by atoms with Gasteiger partial charge in [-0.25, -0.2) is 0 Å². The summed E-state index contributed by atoms with van der Waals surface area (Å²) in [5.74, 6) is 0.601. The Balaban J connectivity index is 1.45. The van der Waals surface area contributed by atoms with Crippen LogP contribution in [0.2, 0.25) is 0 Å².